The lowest BCUT2D eigenvalue weighted by atomic mass is 9.78. The van der Waals surface area contributed by atoms with Gasteiger partial charge < -0.3 is 14.9 Å². The van der Waals surface area contributed by atoms with Crippen LogP contribution in [-0.2, 0) is 9.59 Å². The van der Waals surface area contributed by atoms with Crippen LogP contribution in [0.5, 0.6) is 0 Å². The third-order valence-corrected chi connectivity index (χ3v) is 5.71. The first-order valence-electron chi connectivity index (χ1n) is 9.32. The number of carbonyl (C=O) groups is 2. The zero-order valence-electron chi connectivity index (χ0n) is 15.1. The fourth-order valence-corrected chi connectivity index (χ4v) is 4.23. The standard InChI is InChI=1S/C20H28N2O3/c1-14-7-9-16(10-8-14)22-12-11-21(13-15(22)2)19(23)17-5-3-4-6-18(17)20(24)25/h7-10,15,17-18H,3-6,11-13H2,1-2H3,(H,24,25). The summed E-state index contributed by atoms with van der Waals surface area (Å²) in [6.45, 7) is 6.33. The van der Waals surface area contributed by atoms with Gasteiger partial charge in [0.05, 0.1) is 11.8 Å². The van der Waals surface area contributed by atoms with E-state index in [4.69, 9.17) is 0 Å². The number of carbonyl (C=O) groups excluding carboxylic acids is 1. The number of benzene rings is 1. The van der Waals surface area contributed by atoms with Crippen molar-refractivity contribution >= 4 is 17.6 Å². The van der Waals surface area contributed by atoms with Crippen LogP contribution in [0.25, 0.3) is 0 Å². The second-order valence-corrected chi connectivity index (χ2v) is 7.50. The number of hydrogen-bond acceptors (Lipinski definition) is 3. The normalized spacial score (nSPS) is 27.2. The maximum atomic E-state index is 12.9. The summed E-state index contributed by atoms with van der Waals surface area (Å²) >= 11 is 0. The smallest absolute Gasteiger partial charge is 0.307 e. The van der Waals surface area contributed by atoms with Crippen molar-refractivity contribution in [2.45, 2.75) is 45.6 Å². The van der Waals surface area contributed by atoms with Crippen LogP contribution in [0.1, 0.15) is 38.2 Å². The minimum absolute atomic E-state index is 0.0440. The Bertz CT molecular complexity index is 628. The minimum atomic E-state index is -0.815. The maximum absolute atomic E-state index is 12.9. The Morgan fingerprint density at radius 1 is 1.04 bits per heavy atom. The molecule has 5 nitrogen and oxygen atoms in total. The quantitative estimate of drug-likeness (QED) is 0.916. The van der Waals surface area contributed by atoms with E-state index >= 15 is 0 Å². The van der Waals surface area contributed by atoms with Gasteiger partial charge in [-0.15, -0.1) is 0 Å². The van der Waals surface area contributed by atoms with Gasteiger partial charge >= 0.3 is 5.97 Å². The monoisotopic (exact) mass is 344 g/mol. The summed E-state index contributed by atoms with van der Waals surface area (Å²) in [6.07, 6.45) is 3.21. The first-order chi connectivity index (χ1) is 12.0. The average molecular weight is 344 g/mol. The van der Waals surface area contributed by atoms with E-state index < -0.39 is 11.9 Å². The molecule has 2 fully saturated rings. The molecule has 0 aromatic heterocycles. The predicted octanol–water partition coefficient (Wildman–Crippen LogP) is 2.92. The van der Waals surface area contributed by atoms with E-state index in [0.717, 1.165) is 19.4 Å². The SMILES string of the molecule is Cc1ccc(N2CCN(C(=O)C3CCCCC3C(=O)O)CC2C)cc1. The molecule has 3 rings (SSSR count). The third kappa shape index (κ3) is 3.80. The van der Waals surface area contributed by atoms with Crippen molar-refractivity contribution < 1.29 is 14.7 Å². The largest absolute Gasteiger partial charge is 0.481 e. The molecule has 1 saturated carbocycles. The van der Waals surface area contributed by atoms with Crippen LogP contribution in [0.4, 0.5) is 5.69 Å². The molecule has 1 saturated heterocycles. The lowest BCUT2D eigenvalue weighted by Gasteiger charge is -2.43. The Morgan fingerprint density at radius 2 is 1.68 bits per heavy atom. The molecule has 3 atom stereocenters. The first kappa shape index (κ1) is 17.8. The van der Waals surface area contributed by atoms with E-state index in [0.29, 0.717) is 25.9 Å². The van der Waals surface area contributed by atoms with E-state index in [9.17, 15) is 14.7 Å². The van der Waals surface area contributed by atoms with E-state index in [1.54, 1.807) is 0 Å². The fourth-order valence-electron chi connectivity index (χ4n) is 4.23. The van der Waals surface area contributed by atoms with Gasteiger partial charge in [-0.3, -0.25) is 9.59 Å². The van der Waals surface area contributed by atoms with Crippen LogP contribution >= 0.6 is 0 Å². The molecular weight excluding hydrogens is 316 g/mol. The molecule has 1 aromatic carbocycles. The van der Waals surface area contributed by atoms with Crippen molar-refractivity contribution in [2.75, 3.05) is 24.5 Å². The number of aryl methyl sites for hydroxylation is 1. The molecular formula is C20H28N2O3. The maximum Gasteiger partial charge on any atom is 0.307 e. The van der Waals surface area contributed by atoms with Gasteiger partial charge in [-0.1, -0.05) is 30.5 Å². The molecule has 0 bridgehead atoms. The number of anilines is 1. The molecule has 3 unspecified atom stereocenters. The van der Waals surface area contributed by atoms with Crippen molar-refractivity contribution in [1.82, 2.24) is 4.90 Å². The van der Waals surface area contributed by atoms with Crippen molar-refractivity contribution in [1.29, 1.82) is 0 Å². The summed E-state index contributed by atoms with van der Waals surface area (Å²) in [5, 5.41) is 9.44. The Hall–Kier alpha value is -2.04. The molecule has 0 spiro atoms. The number of carboxylic acids is 1. The number of amides is 1. The van der Waals surface area contributed by atoms with E-state index in [2.05, 4.69) is 43.0 Å². The highest BCUT2D eigenvalue weighted by Crippen LogP contribution is 2.32. The molecule has 136 valence electrons. The molecule has 1 amide bonds. The second-order valence-electron chi connectivity index (χ2n) is 7.50. The second kappa shape index (κ2) is 7.46. The first-order valence-corrected chi connectivity index (χ1v) is 9.32. The molecule has 25 heavy (non-hydrogen) atoms. The molecule has 5 heteroatoms. The van der Waals surface area contributed by atoms with Crippen molar-refractivity contribution in [2.24, 2.45) is 11.8 Å². The number of aliphatic carboxylic acids is 1. The van der Waals surface area contributed by atoms with E-state index in [1.165, 1.54) is 11.3 Å². The van der Waals surface area contributed by atoms with Gasteiger partial charge in [0.2, 0.25) is 5.91 Å². The van der Waals surface area contributed by atoms with Gasteiger partial charge in [0, 0.05) is 31.4 Å². The summed E-state index contributed by atoms with van der Waals surface area (Å²) in [5.41, 5.74) is 2.42. The number of carboxylic acid groups (broad SMARTS) is 1. The highest BCUT2D eigenvalue weighted by Gasteiger charge is 2.39. The predicted molar refractivity (Wildman–Crippen MR) is 97.7 cm³/mol. The van der Waals surface area contributed by atoms with Gasteiger partial charge in [0.15, 0.2) is 0 Å². The summed E-state index contributed by atoms with van der Waals surface area (Å²) in [6, 6.07) is 8.71. The van der Waals surface area contributed by atoms with Crippen LogP contribution < -0.4 is 4.90 Å². The van der Waals surface area contributed by atoms with Crippen LogP contribution in [0.15, 0.2) is 24.3 Å². The lowest BCUT2D eigenvalue weighted by molar-refractivity contribution is -0.152. The molecule has 0 radical (unpaired) electrons. The zero-order chi connectivity index (χ0) is 18.0. The van der Waals surface area contributed by atoms with Gasteiger partial charge in [0.1, 0.15) is 0 Å². The minimum Gasteiger partial charge on any atom is -0.481 e. The summed E-state index contributed by atoms with van der Waals surface area (Å²) < 4.78 is 0. The molecule has 1 N–H and O–H groups in total. The lowest BCUT2D eigenvalue weighted by Crippen LogP contribution is -2.56. The number of nitrogens with zero attached hydrogens (tertiary/aromatic N) is 2. The van der Waals surface area contributed by atoms with Gasteiger partial charge in [-0.05, 0) is 38.8 Å². The van der Waals surface area contributed by atoms with E-state index in [-0.39, 0.29) is 17.9 Å². The Morgan fingerprint density at radius 3 is 2.28 bits per heavy atom. The van der Waals surface area contributed by atoms with Crippen LogP contribution in [0.3, 0.4) is 0 Å². The average Bonchev–Trinajstić information content (AvgIpc) is 2.62. The van der Waals surface area contributed by atoms with Crippen LogP contribution in [0, 0.1) is 18.8 Å². The summed E-state index contributed by atoms with van der Waals surface area (Å²) in [4.78, 5) is 28.7. The van der Waals surface area contributed by atoms with Crippen molar-refractivity contribution in [3.63, 3.8) is 0 Å². The number of piperazine rings is 1. The van der Waals surface area contributed by atoms with Crippen molar-refractivity contribution in [3.8, 4) is 0 Å². The Labute approximate surface area is 149 Å². The fraction of sp³-hybridized carbons (Fsp3) is 0.600. The number of rotatable bonds is 3. The third-order valence-electron chi connectivity index (χ3n) is 5.71. The van der Waals surface area contributed by atoms with Crippen LogP contribution in [0.2, 0.25) is 0 Å². The Kier molecular flexibility index (Phi) is 5.30. The van der Waals surface area contributed by atoms with E-state index in [1.807, 2.05) is 4.90 Å². The highest BCUT2D eigenvalue weighted by molar-refractivity contribution is 5.85. The summed E-state index contributed by atoms with van der Waals surface area (Å²) in [5.74, 6) is -1.62. The zero-order valence-corrected chi connectivity index (χ0v) is 15.1. The Balaban J connectivity index is 1.66. The molecule has 2 aliphatic rings. The summed E-state index contributed by atoms with van der Waals surface area (Å²) in [7, 11) is 0. The topological polar surface area (TPSA) is 60.9 Å². The number of hydrogen-bond donors (Lipinski definition) is 1. The van der Waals surface area contributed by atoms with Crippen molar-refractivity contribution in [3.05, 3.63) is 29.8 Å². The molecule has 1 aromatic rings. The van der Waals surface area contributed by atoms with Gasteiger partial charge in [-0.25, -0.2) is 0 Å². The van der Waals surface area contributed by atoms with Gasteiger partial charge in [-0.2, -0.15) is 0 Å². The molecule has 1 heterocycles. The van der Waals surface area contributed by atoms with Gasteiger partial charge in [0.25, 0.3) is 0 Å². The van der Waals surface area contributed by atoms with Crippen LogP contribution in [-0.4, -0.2) is 47.6 Å². The molecule has 1 aliphatic carbocycles. The highest BCUT2D eigenvalue weighted by atomic mass is 16.4. The molecule has 1 aliphatic heterocycles.